The zero-order chi connectivity index (χ0) is 10.8. The zero-order valence-corrected chi connectivity index (χ0v) is 10.6. The Morgan fingerprint density at radius 3 is 2.73 bits per heavy atom. The number of alkyl halides is 1. The Balaban J connectivity index is 2.34. The van der Waals surface area contributed by atoms with E-state index in [1.165, 1.54) is 10.9 Å². The fourth-order valence-electron chi connectivity index (χ4n) is 1.43. The van der Waals surface area contributed by atoms with Gasteiger partial charge in [0.25, 0.3) is 0 Å². The van der Waals surface area contributed by atoms with E-state index in [2.05, 4.69) is 22.0 Å². The van der Waals surface area contributed by atoms with Crippen LogP contribution in [0, 0.1) is 12.7 Å². The highest BCUT2D eigenvalue weighted by molar-refractivity contribution is 9.09. The van der Waals surface area contributed by atoms with Crippen LogP contribution in [0.1, 0.15) is 20.8 Å². The molecule has 0 nitrogen and oxygen atoms in total. The van der Waals surface area contributed by atoms with Gasteiger partial charge in [0.2, 0.25) is 0 Å². The van der Waals surface area contributed by atoms with Crippen molar-refractivity contribution in [1.29, 1.82) is 0 Å². The summed E-state index contributed by atoms with van der Waals surface area (Å²) < 4.78 is 13.1. The smallest absolute Gasteiger partial charge is 0.126 e. The molecule has 15 heavy (non-hydrogen) atoms. The van der Waals surface area contributed by atoms with E-state index in [-0.39, 0.29) is 10.6 Å². The van der Waals surface area contributed by atoms with Gasteiger partial charge < -0.3 is 0 Å². The summed E-state index contributed by atoms with van der Waals surface area (Å²) in [5.41, 5.74) is 1.78. The Kier molecular flexibility index (Phi) is 3.22. The van der Waals surface area contributed by atoms with E-state index < -0.39 is 0 Å². The topological polar surface area (TPSA) is 0 Å². The highest BCUT2D eigenvalue weighted by Crippen LogP contribution is 2.34. The van der Waals surface area contributed by atoms with Crippen molar-refractivity contribution in [3.8, 4) is 0 Å². The van der Waals surface area contributed by atoms with Crippen LogP contribution < -0.4 is 0 Å². The van der Waals surface area contributed by atoms with Crippen molar-refractivity contribution in [3.63, 3.8) is 0 Å². The summed E-state index contributed by atoms with van der Waals surface area (Å²) in [5.74, 6) is -0.148. The van der Waals surface area contributed by atoms with Crippen molar-refractivity contribution < 1.29 is 4.39 Å². The maximum absolute atomic E-state index is 13.1. The van der Waals surface area contributed by atoms with Gasteiger partial charge in [0.15, 0.2) is 0 Å². The third-order valence-electron chi connectivity index (χ3n) is 2.27. The summed E-state index contributed by atoms with van der Waals surface area (Å²) in [6.45, 7) is 1.78. The highest BCUT2D eigenvalue weighted by atomic mass is 79.9. The molecule has 1 atom stereocenters. The molecule has 0 N–H and O–H groups in total. The number of benzene rings is 1. The number of halogens is 2. The largest absolute Gasteiger partial charge is 0.207 e. The van der Waals surface area contributed by atoms with E-state index >= 15 is 0 Å². The Bertz CT molecular complexity index is 451. The molecule has 0 bridgehead atoms. The summed E-state index contributed by atoms with van der Waals surface area (Å²) in [6.07, 6.45) is 0. The van der Waals surface area contributed by atoms with Gasteiger partial charge in [0.1, 0.15) is 5.82 Å². The van der Waals surface area contributed by atoms with Crippen molar-refractivity contribution in [2.45, 2.75) is 11.8 Å². The maximum atomic E-state index is 13.1. The normalized spacial score (nSPS) is 12.7. The SMILES string of the molecule is Cc1cc(C(Br)c2cccs2)ccc1F. The number of hydrogen-bond acceptors (Lipinski definition) is 1. The molecule has 1 unspecified atom stereocenters. The van der Waals surface area contributed by atoms with Gasteiger partial charge >= 0.3 is 0 Å². The summed E-state index contributed by atoms with van der Waals surface area (Å²) in [4.78, 5) is 1.40. The second-order valence-corrected chi connectivity index (χ2v) is 5.28. The van der Waals surface area contributed by atoms with Gasteiger partial charge in [0.05, 0.1) is 4.83 Å². The van der Waals surface area contributed by atoms with Crippen molar-refractivity contribution in [2.24, 2.45) is 0 Å². The highest BCUT2D eigenvalue weighted by Gasteiger charge is 2.12. The Hall–Kier alpha value is -0.670. The van der Waals surface area contributed by atoms with Crippen LogP contribution in [0.15, 0.2) is 35.7 Å². The first-order valence-electron chi connectivity index (χ1n) is 4.62. The van der Waals surface area contributed by atoms with Gasteiger partial charge in [-0.3, -0.25) is 0 Å². The van der Waals surface area contributed by atoms with E-state index in [4.69, 9.17) is 0 Å². The molecule has 1 heterocycles. The standard InChI is InChI=1S/C12H10BrFS/c1-8-7-9(4-5-10(8)14)12(13)11-3-2-6-15-11/h2-7,12H,1H3. The van der Waals surface area contributed by atoms with Gasteiger partial charge in [0, 0.05) is 4.88 Å². The van der Waals surface area contributed by atoms with Crippen molar-refractivity contribution in [3.05, 3.63) is 57.5 Å². The predicted octanol–water partition coefficient (Wildman–Crippen LogP) is 4.68. The Labute approximate surface area is 101 Å². The maximum Gasteiger partial charge on any atom is 0.126 e. The number of aryl methyl sites for hydroxylation is 1. The summed E-state index contributed by atoms with van der Waals surface area (Å²) in [5, 5.41) is 2.04. The second-order valence-electron chi connectivity index (χ2n) is 3.39. The van der Waals surface area contributed by atoms with Gasteiger partial charge in [-0.15, -0.1) is 11.3 Å². The lowest BCUT2D eigenvalue weighted by Crippen LogP contribution is -1.92. The lowest BCUT2D eigenvalue weighted by atomic mass is 10.1. The van der Waals surface area contributed by atoms with E-state index in [0.717, 1.165) is 5.56 Å². The minimum atomic E-state index is -0.148. The minimum absolute atomic E-state index is 0.148. The molecular weight excluding hydrogens is 275 g/mol. The first-order valence-corrected chi connectivity index (χ1v) is 6.41. The van der Waals surface area contributed by atoms with Crippen LogP contribution in [-0.2, 0) is 0 Å². The van der Waals surface area contributed by atoms with Crippen LogP contribution in [0.2, 0.25) is 0 Å². The van der Waals surface area contributed by atoms with Crippen LogP contribution >= 0.6 is 27.3 Å². The summed E-state index contributed by atoms with van der Waals surface area (Å²) in [6, 6.07) is 9.32. The third-order valence-corrected chi connectivity index (χ3v) is 4.53. The van der Waals surface area contributed by atoms with Crippen LogP contribution in [0.5, 0.6) is 0 Å². The zero-order valence-electron chi connectivity index (χ0n) is 8.21. The van der Waals surface area contributed by atoms with Crippen LogP contribution in [-0.4, -0.2) is 0 Å². The van der Waals surface area contributed by atoms with E-state index in [1.54, 1.807) is 18.3 Å². The molecule has 1 aromatic heterocycles. The molecule has 0 aliphatic carbocycles. The van der Waals surface area contributed by atoms with Gasteiger partial charge in [-0.25, -0.2) is 4.39 Å². The molecule has 0 fully saturated rings. The van der Waals surface area contributed by atoms with E-state index in [0.29, 0.717) is 5.56 Å². The van der Waals surface area contributed by atoms with Crippen molar-refractivity contribution in [2.75, 3.05) is 0 Å². The van der Waals surface area contributed by atoms with E-state index in [9.17, 15) is 4.39 Å². The van der Waals surface area contributed by atoms with Gasteiger partial charge in [-0.05, 0) is 35.6 Å². The number of thiophene rings is 1. The second kappa shape index (κ2) is 4.45. The molecule has 0 amide bonds. The predicted molar refractivity (Wildman–Crippen MR) is 66.2 cm³/mol. The average molecular weight is 285 g/mol. The fraction of sp³-hybridized carbons (Fsp3) is 0.167. The summed E-state index contributed by atoms with van der Waals surface area (Å²) in [7, 11) is 0. The molecule has 0 spiro atoms. The lowest BCUT2D eigenvalue weighted by Gasteiger charge is -2.09. The molecule has 0 radical (unpaired) electrons. The first-order chi connectivity index (χ1) is 7.18. The Morgan fingerprint density at radius 1 is 1.33 bits per heavy atom. The van der Waals surface area contributed by atoms with Crippen molar-refractivity contribution >= 4 is 27.3 Å². The molecular formula is C12H10BrFS. The average Bonchev–Trinajstić information content (AvgIpc) is 2.74. The molecule has 0 aliphatic rings. The van der Waals surface area contributed by atoms with Crippen LogP contribution in [0.4, 0.5) is 4.39 Å². The monoisotopic (exact) mass is 284 g/mol. The fourth-order valence-corrected chi connectivity index (χ4v) is 2.91. The molecule has 2 rings (SSSR count). The molecule has 1 aromatic carbocycles. The molecule has 0 saturated carbocycles. The third kappa shape index (κ3) is 2.29. The molecule has 3 heteroatoms. The van der Waals surface area contributed by atoms with Gasteiger partial charge in [-0.2, -0.15) is 0 Å². The van der Waals surface area contributed by atoms with Crippen molar-refractivity contribution in [1.82, 2.24) is 0 Å². The number of hydrogen-bond donors (Lipinski definition) is 0. The quantitative estimate of drug-likeness (QED) is 0.703. The lowest BCUT2D eigenvalue weighted by molar-refractivity contribution is 0.618. The number of rotatable bonds is 2. The molecule has 0 saturated heterocycles. The van der Waals surface area contributed by atoms with Crippen LogP contribution in [0.25, 0.3) is 0 Å². The molecule has 2 aromatic rings. The van der Waals surface area contributed by atoms with Crippen LogP contribution in [0.3, 0.4) is 0 Å². The minimum Gasteiger partial charge on any atom is -0.207 e. The summed E-state index contributed by atoms with van der Waals surface area (Å²) >= 11 is 5.32. The first kappa shape index (κ1) is 10.8. The van der Waals surface area contributed by atoms with Gasteiger partial charge in [-0.1, -0.05) is 34.1 Å². The molecule has 0 aliphatic heterocycles. The van der Waals surface area contributed by atoms with E-state index in [1.807, 2.05) is 23.6 Å². The Morgan fingerprint density at radius 2 is 2.13 bits per heavy atom. The molecule has 78 valence electrons.